The van der Waals surface area contributed by atoms with Crippen LogP contribution in [0.1, 0.15) is 11.1 Å². The number of hydrogen-bond donors (Lipinski definition) is 1. The van der Waals surface area contributed by atoms with Gasteiger partial charge in [0.1, 0.15) is 0 Å². The molecule has 0 fully saturated rings. The Morgan fingerprint density at radius 1 is 1.21 bits per heavy atom. The molecule has 1 N–H and O–H groups in total. The molecule has 0 unspecified atom stereocenters. The van der Waals surface area contributed by atoms with Crippen LogP contribution in [-0.4, -0.2) is 31.3 Å². The van der Waals surface area contributed by atoms with Gasteiger partial charge in [0.2, 0.25) is 0 Å². The van der Waals surface area contributed by atoms with Crippen molar-refractivity contribution in [1.82, 2.24) is 4.90 Å². The lowest BCUT2D eigenvalue weighted by atomic mass is 10.1. The van der Waals surface area contributed by atoms with Crippen LogP contribution in [0, 0.1) is 6.92 Å². The van der Waals surface area contributed by atoms with Gasteiger partial charge in [0.15, 0.2) is 16.6 Å². The zero-order chi connectivity index (χ0) is 17.7. The summed E-state index contributed by atoms with van der Waals surface area (Å²) in [6, 6.07) is 11.6. The number of nitrogens with zero attached hydrogens (tertiary/aromatic N) is 1. The number of rotatable bonds is 5. The molecular weight excluding hydrogens is 344 g/mol. The molecule has 0 saturated heterocycles. The van der Waals surface area contributed by atoms with Crippen LogP contribution < -0.4 is 14.8 Å². The maximum Gasteiger partial charge on any atom is 0.173 e. The van der Waals surface area contributed by atoms with Crippen molar-refractivity contribution < 1.29 is 9.47 Å². The summed E-state index contributed by atoms with van der Waals surface area (Å²) in [5, 5.41) is 4.50. The third kappa shape index (κ3) is 4.30. The molecule has 2 aromatic rings. The molecule has 0 heterocycles. The smallest absolute Gasteiger partial charge is 0.173 e. The number of para-hydroxylation sites is 1. The first-order valence-corrected chi connectivity index (χ1v) is 8.23. The van der Waals surface area contributed by atoms with Crippen molar-refractivity contribution in [3.63, 3.8) is 0 Å². The second-order valence-electron chi connectivity index (χ2n) is 5.40. The third-order valence-electron chi connectivity index (χ3n) is 3.66. The number of thiocarbonyl (C=S) groups is 1. The maximum atomic E-state index is 6.15. The van der Waals surface area contributed by atoms with Crippen LogP contribution in [0.15, 0.2) is 36.4 Å². The van der Waals surface area contributed by atoms with E-state index >= 15 is 0 Å². The highest BCUT2D eigenvalue weighted by Gasteiger charge is 2.13. The van der Waals surface area contributed by atoms with Crippen molar-refractivity contribution in [3.05, 3.63) is 52.5 Å². The fourth-order valence-electron chi connectivity index (χ4n) is 2.30. The molecule has 4 nitrogen and oxygen atoms in total. The van der Waals surface area contributed by atoms with E-state index in [9.17, 15) is 0 Å². The molecule has 2 rings (SSSR count). The van der Waals surface area contributed by atoms with E-state index in [0.717, 1.165) is 16.8 Å². The Bertz CT molecular complexity index is 737. The average molecular weight is 365 g/mol. The lowest BCUT2D eigenvalue weighted by molar-refractivity contribution is 0.347. The van der Waals surface area contributed by atoms with Crippen molar-refractivity contribution in [2.24, 2.45) is 0 Å². The first-order valence-electron chi connectivity index (χ1n) is 7.44. The van der Waals surface area contributed by atoms with Gasteiger partial charge in [0.05, 0.1) is 14.2 Å². The van der Waals surface area contributed by atoms with E-state index in [1.807, 2.05) is 55.3 Å². The highest BCUT2D eigenvalue weighted by atomic mass is 35.5. The quantitative estimate of drug-likeness (QED) is 0.790. The molecule has 0 atom stereocenters. The first-order chi connectivity index (χ1) is 11.5. The van der Waals surface area contributed by atoms with Crippen LogP contribution in [-0.2, 0) is 6.54 Å². The number of methoxy groups -OCH3 is 2. The van der Waals surface area contributed by atoms with E-state index in [-0.39, 0.29) is 0 Å². The van der Waals surface area contributed by atoms with Crippen molar-refractivity contribution in [1.29, 1.82) is 0 Å². The first kappa shape index (κ1) is 18.4. The summed E-state index contributed by atoms with van der Waals surface area (Å²) in [6.45, 7) is 2.55. The van der Waals surface area contributed by atoms with Gasteiger partial charge in [-0.05, 0) is 42.9 Å². The summed E-state index contributed by atoms with van der Waals surface area (Å²) in [4.78, 5) is 1.93. The Hall–Kier alpha value is -1.98. The molecule has 0 radical (unpaired) electrons. The second-order valence-corrected chi connectivity index (χ2v) is 6.20. The van der Waals surface area contributed by atoms with Gasteiger partial charge in [-0.2, -0.15) is 0 Å². The minimum Gasteiger partial charge on any atom is -0.493 e. The van der Waals surface area contributed by atoms with Gasteiger partial charge in [-0.15, -0.1) is 0 Å². The van der Waals surface area contributed by atoms with Crippen molar-refractivity contribution in [3.8, 4) is 11.5 Å². The summed E-state index contributed by atoms with van der Waals surface area (Å²) < 4.78 is 10.8. The highest BCUT2D eigenvalue weighted by molar-refractivity contribution is 7.80. The number of ether oxygens (including phenoxy) is 2. The Balaban J connectivity index is 2.10. The summed E-state index contributed by atoms with van der Waals surface area (Å²) in [5.74, 6) is 1.42. The second kappa shape index (κ2) is 8.22. The fraction of sp³-hybridized carbons (Fsp3) is 0.278. The molecule has 24 heavy (non-hydrogen) atoms. The van der Waals surface area contributed by atoms with Crippen molar-refractivity contribution in [2.45, 2.75) is 13.5 Å². The van der Waals surface area contributed by atoms with E-state index in [0.29, 0.717) is 28.2 Å². The predicted octanol–water partition coefficient (Wildman–Crippen LogP) is 4.49. The molecule has 0 aliphatic heterocycles. The largest absolute Gasteiger partial charge is 0.493 e. The van der Waals surface area contributed by atoms with Crippen LogP contribution in [0.4, 0.5) is 5.69 Å². The zero-order valence-corrected chi connectivity index (χ0v) is 15.8. The van der Waals surface area contributed by atoms with Crippen LogP contribution in [0.5, 0.6) is 11.5 Å². The number of nitrogens with one attached hydrogen (secondary N) is 1. The van der Waals surface area contributed by atoms with Gasteiger partial charge in [-0.1, -0.05) is 29.8 Å². The summed E-state index contributed by atoms with van der Waals surface area (Å²) >= 11 is 11.6. The Labute approximate surface area is 153 Å². The molecule has 0 aliphatic rings. The monoisotopic (exact) mass is 364 g/mol. The number of hydrogen-bond acceptors (Lipinski definition) is 3. The molecular formula is C18H21ClN2O2S. The SMILES string of the molecule is COc1cccc(CN(C)C(=S)Nc2ccc(C)c(Cl)c2)c1OC. The van der Waals surface area contributed by atoms with Gasteiger partial charge in [0, 0.05) is 29.9 Å². The number of aryl methyl sites for hydroxylation is 1. The molecule has 0 aliphatic carbocycles. The molecule has 0 saturated carbocycles. The van der Waals surface area contributed by atoms with Gasteiger partial charge in [-0.3, -0.25) is 0 Å². The van der Waals surface area contributed by atoms with Crippen LogP contribution in [0.25, 0.3) is 0 Å². The van der Waals surface area contributed by atoms with E-state index in [1.54, 1.807) is 14.2 Å². The summed E-state index contributed by atoms with van der Waals surface area (Å²) in [5.41, 5.74) is 2.88. The van der Waals surface area contributed by atoms with Crippen molar-refractivity contribution >= 4 is 34.6 Å². The van der Waals surface area contributed by atoms with Gasteiger partial charge in [0.25, 0.3) is 0 Å². The Morgan fingerprint density at radius 3 is 2.58 bits per heavy atom. The third-order valence-corrected chi connectivity index (χ3v) is 4.48. The lowest BCUT2D eigenvalue weighted by Gasteiger charge is -2.23. The molecule has 0 bridgehead atoms. The van der Waals surface area contributed by atoms with E-state index in [1.165, 1.54) is 0 Å². The molecule has 2 aromatic carbocycles. The number of halogens is 1. The van der Waals surface area contributed by atoms with Gasteiger partial charge in [-0.25, -0.2) is 0 Å². The van der Waals surface area contributed by atoms with Crippen LogP contribution in [0.2, 0.25) is 5.02 Å². The maximum absolute atomic E-state index is 6.15. The predicted molar refractivity (Wildman–Crippen MR) is 103 cm³/mol. The molecule has 0 spiro atoms. The molecule has 6 heteroatoms. The topological polar surface area (TPSA) is 33.7 Å². The molecule has 0 amide bonds. The van der Waals surface area contributed by atoms with E-state index in [2.05, 4.69) is 5.32 Å². The van der Waals surface area contributed by atoms with E-state index < -0.39 is 0 Å². The zero-order valence-electron chi connectivity index (χ0n) is 14.2. The Morgan fingerprint density at radius 2 is 1.96 bits per heavy atom. The van der Waals surface area contributed by atoms with Crippen LogP contribution >= 0.6 is 23.8 Å². The fourth-order valence-corrected chi connectivity index (χ4v) is 2.66. The summed E-state index contributed by atoms with van der Waals surface area (Å²) in [6.07, 6.45) is 0. The minimum atomic E-state index is 0.589. The normalized spacial score (nSPS) is 10.2. The lowest BCUT2D eigenvalue weighted by Crippen LogP contribution is -2.30. The van der Waals surface area contributed by atoms with Gasteiger partial charge >= 0.3 is 0 Å². The minimum absolute atomic E-state index is 0.589. The van der Waals surface area contributed by atoms with E-state index in [4.69, 9.17) is 33.3 Å². The number of anilines is 1. The van der Waals surface area contributed by atoms with Crippen molar-refractivity contribution in [2.75, 3.05) is 26.6 Å². The van der Waals surface area contributed by atoms with Crippen LogP contribution in [0.3, 0.4) is 0 Å². The van der Waals surface area contributed by atoms with Gasteiger partial charge < -0.3 is 19.7 Å². The molecule has 0 aromatic heterocycles. The standard InChI is InChI=1S/C18H21ClN2O2S/c1-12-8-9-14(10-15(12)19)20-18(24)21(2)11-13-6-5-7-16(22-3)17(13)23-4/h5-10H,11H2,1-4H3,(H,20,24). The Kier molecular flexibility index (Phi) is 6.29. The summed E-state index contributed by atoms with van der Waals surface area (Å²) in [7, 11) is 5.18. The number of benzene rings is 2. The average Bonchev–Trinajstić information content (AvgIpc) is 2.57. The molecule has 128 valence electrons. The highest BCUT2D eigenvalue weighted by Crippen LogP contribution is 2.31.